The summed E-state index contributed by atoms with van der Waals surface area (Å²) in [6.07, 6.45) is 11.6. The number of rotatable bonds is 3. The van der Waals surface area contributed by atoms with E-state index in [4.69, 9.17) is 0 Å². The summed E-state index contributed by atoms with van der Waals surface area (Å²) in [4.78, 5) is 0. The SMILES string of the molecule is CC.CCCCC1CC=CC1. The first-order valence-corrected chi connectivity index (χ1v) is 5.08. The van der Waals surface area contributed by atoms with E-state index < -0.39 is 0 Å². The van der Waals surface area contributed by atoms with Crippen LogP contribution in [0.5, 0.6) is 0 Å². The van der Waals surface area contributed by atoms with Crippen LogP contribution >= 0.6 is 0 Å². The van der Waals surface area contributed by atoms with Crippen molar-refractivity contribution in [3.05, 3.63) is 12.2 Å². The molecule has 0 radical (unpaired) electrons. The summed E-state index contributed by atoms with van der Waals surface area (Å²) in [6.45, 7) is 6.27. The zero-order valence-corrected chi connectivity index (χ0v) is 8.27. The van der Waals surface area contributed by atoms with Crippen LogP contribution < -0.4 is 0 Å². The van der Waals surface area contributed by atoms with Gasteiger partial charge < -0.3 is 0 Å². The minimum atomic E-state index is 1.00. The summed E-state index contributed by atoms with van der Waals surface area (Å²) in [5.41, 5.74) is 0. The molecule has 0 saturated carbocycles. The lowest BCUT2D eigenvalue weighted by Crippen LogP contribution is -1.91. The van der Waals surface area contributed by atoms with Gasteiger partial charge in [0.1, 0.15) is 0 Å². The van der Waals surface area contributed by atoms with Gasteiger partial charge in [-0.25, -0.2) is 0 Å². The van der Waals surface area contributed by atoms with E-state index in [1.807, 2.05) is 13.8 Å². The Morgan fingerprint density at radius 3 is 2.18 bits per heavy atom. The summed E-state index contributed by atoms with van der Waals surface area (Å²) < 4.78 is 0. The first-order valence-electron chi connectivity index (χ1n) is 5.08. The van der Waals surface area contributed by atoms with Gasteiger partial charge >= 0.3 is 0 Å². The van der Waals surface area contributed by atoms with E-state index in [-0.39, 0.29) is 0 Å². The minimum absolute atomic E-state index is 1.00. The van der Waals surface area contributed by atoms with E-state index in [0.29, 0.717) is 0 Å². The molecule has 0 bridgehead atoms. The number of allylic oxidation sites excluding steroid dienone is 2. The van der Waals surface area contributed by atoms with Gasteiger partial charge in [0.2, 0.25) is 0 Å². The van der Waals surface area contributed by atoms with Gasteiger partial charge in [0.05, 0.1) is 0 Å². The van der Waals surface area contributed by atoms with Crippen LogP contribution in [0.2, 0.25) is 0 Å². The molecule has 1 rings (SSSR count). The molecule has 66 valence electrons. The topological polar surface area (TPSA) is 0 Å². The molecule has 0 N–H and O–H groups in total. The maximum Gasteiger partial charge on any atom is -0.0319 e. The predicted octanol–water partition coefficient (Wildman–Crippen LogP) is 4.17. The highest BCUT2D eigenvalue weighted by Gasteiger charge is 2.07. The largest absolute Gasteiger partial charge is 0.0882 e. The fraction of sp³-hybridized carbons (Fsp3) is 0.818. The summed E-state index contributed by atoms with van der Waals surface area (Å²) >= 11 is 0. The Hall–Kier alpha value is -0.260. The van der Waals surface area contributed by atoms with Gasteiger partial charge in [-0.3, -0.25) is 0 Å². The van der Waals surface area contributed by atoms with Gasteiger partial charge in [0.25, 0.3) is 0 Å². The van der Waals surface area contributed by atoms with Crippen molar-refractivity contribution in [1.82, 2.24) is 0 Å². The average molecular weight is 154 g/mol. The van der Waals surface area contributed by atoms with Crippen LogP contribution in [0.15, 0.2) is 12.2 Å². The summed E-state index contributed by atoms with van der Waals surface area (Å²) in [7, 11) is 0. The molecule has 11 heavy (non-hydrogen) atoms. The van der Waals surface area contributed by atoms with Crippen LogP contribution in [0.4, 0.5) is 0 Å². The second-order valence-corrected chi connectivity index (χ2v) is 2.95. The van der Waals surface area contributed by atoms with E-state index in [0.717, 1.165) is 5.92 Å². The molecule has 0 amide bonds. The third-order valence-electron chi connectivity index (χ3n) is 2.07. The highest BCUT2D eigenvalue weighted by molar-refractivity contribution is 4.93. The van der Waals surface area contributed by atoms with Crippen molar-refractivity contribution in [3.63, 3.8) is 0 Å². The Morgan fingerprint density at radius 1 is 1.18 bits per heavy atom. The fourth-order valence-electron chi connectivity index (χ4n) is 1.40. The molecule has 1 aliphatic carbocycles. The first kappa shape index (κ1) is 10.7. The molecule has 0 heterocycles. The van der Waals surface area contributed by atoms with Crippen LogP contribution in [0.3, 0.4) is 0 Å². The van der Waals surface area contributed by atoms with Crippen molar-refractivity contribution < 1.29 is 0 Å². The van der Waals surface area contributed by atoms with E-state index in [2.05, 4.69) is 19.1 Å². The molecule has 0 fully saturated rings. The van der Waals surface area contributed by atoms with Crippen molar-refractivity contribution in [1.29, 1.82) is 0 Å². The van der Waals surface area contributed by atoms with Gasteiger partial charge in [-0.05, 0) is 25.2 Å². The number of unbranched alkanes of at least 4 members (excludes halogenated alkanes) is 1. The molecule has 0 atom stereocenters. The molecule has 0 aromatic heterocycles. The smallest absolute Gasteiger partial charge is 0.0319 e. The molecular weight excluding hydrogens is 132 g/mol. The zero-order valence-electron chi connectivity index (χ0n) is 8.27. The lowest BCUT2D eigenvalue weighted by Gasteiger charge is -2.05. The predicted molar refractivity (Wildman–Crippen MR) is 52.7 cm³/mol. The molecule has 0 aromatic rings. The summed E-state index contributed by atoms with van der Waals surface area (Å²) in [5, 5.41) is 0. The normalized spacial score (nSPS) is 16.3. The van der Waals surface area contributed by atoms with Crippen molar-refractivity contribution in [2.45, 2.75) is 52.9 Å². The summed E-state index contributed by atoms with van der Waals surface area (Å²) in [6, 6.07) is 0. The van der Waals surface area contributed by atoms with Gasteiger partial charge in [-0.2, -0.15) is 0 Å². The second-order valence-electron chi connectivity index (χ2n) is 2.95. The van der Waals surface area contributed by atoms with Crippen molar-refractivity contribution in [2.24, 2.45) is 5.92 Å². The van der Waals surface area contributed by atoms with E-state index in [1.54, 1.807) is 0 Å². The average Bonchev–Trinajstić information content (AvgIpc) is 2.57. The highest BCUT2D eigenvalue weighted by atomic mass is 14.1. The van der Waals surface area contributed by atoms with Crippen molar-refractivity contribution in [2.75, 3.05) is 0 Å². The summed E-state index contributed by atoms with van der Waals surface area (Å²) in [5.74, 6) is 1.00. The van der Waals surface area contributed by atoms with Crippen molar-refractivity contribution in [3.8, 4) is 0 Å². The lowest BCUT2D eigenvalue weighted by atomic mass is 10.0. The molecule has 0 nitrogen and oxygen atoms in total. The molecule has 0 spiro atoms. The van der Waals surface area contributed by atoms with Crippen LogP contribution in [0.1, 0.15) is 52.9 Å². The van der Waals surface area contributed by atoms with Gasteiger partial charge in [-0.15, -0.1) is 0 Å². The molecule has 0 aliphatic heterocycles. The Kier molecular flexibility index (Phi) is 7.66. The Labute approximate surface area is 71.7 Å². The van der Waals surface area contributed by atoms with Gasteiger partial charge in [0, 0.05) is 0 Å². The van der Waals surface area contributed by atoms with Crippen molar-refractivity contribution >= 4 is 0 Å². The van der Waals surface area contributed by atoms with Crippen LogP contribution in [0, 0.1) is 5.92 Å². The third-order valence-corrected chi connectivity index (χ3v) is 2.07. The second kappa shape index (κ2) is 7.84. The van der Waals surface area contributed by atoms with Crippen LogP contribution in [-0.4, -0.2) is 0 Å². The first-order chi connectivity index (χ1) is 5.43. The minimum Gasteiger partial charge on any atom is -0.0882 e. The standard InChI is InChI=1S/C9H16.C2H6/c1-2-3-6-9-7-4-5-8-9;1-2/h4-5,9H,2-3,6-8H2,1H3;1-2H3. The highest BCUT2D eigenvalue weighted by Crippen LogP contribution is 2.22. The van der Waals surface area contributed by atoms with Crippen LogP contribution in [0.25, 0.3) is 0 Å². The fourth-order valence-corrected chi connectivity index (χ4v) is 1.40. The van der Waals surface area contributed by atoms with Crippen LogP contribution in [-0.2, 0) is 0 Å². The molecule has 0 unspecified atom stereocenters. The van der Waals surface area contributed by atoms with E-state index in [9.17, 15) is 0 Å². The van der Waals surface area contributed by atoms with Gasteiger partial charge in [-0.1, -0.05) is 45.8 Å². The maximum atomic E-state index is 2.32. The Balaban J connectivity index is 0.000000461. The molecule has 0 saturated heterocycles. The number of hydrogen-bond donors (Lipinski definition) is 0. The number of hydrogen-bond acceptors (Lipinski definition) is 0. The molecular formula is C11H22. The molecule has 1 aliphatic rings. The monoisotopic (exact) mass is 154 g/mol. The lowest BCUT2D eigenvalue weighted by molar-refractivity contribution is 0.495. The zero-order chi connectivity index (χ0) is 8.53. The molecule has 0 aromatic carbocycles. The third kappa shape index (κ3) is 5.06. The van der Waals surface area contributed by atoms with Gasteiger partial charge in [0.15, 0.2) is 0 Å². The maximum absolute atomic E-state index is 2.32. The quantitative estimate of drug-likeness (QED) is 0.535. The molecule has 0 heteroatoms. The van der Waals surface area contributed by atoms with E-state index >= 15 is 0 Å². The Bertz CT molecular complexity index is 84.2. The Morgan fingerprint density at radius 2 is 1.73 bits per heavy atom. The van der Waals surface area contributed by atoms with E-state index in [1.165, 1.54) is 32.1 Å².